The fraction of sp³-hybridized carbons (Fsp3) is 0.200. The van der Waals surface area contributed by atoms with Crippen molar-refractivity contribution in [3.05, 3.63) is 54.1 Å². The van der Waals surface area contributed by atoms with Gasteiger partial charge < -0.3 is 15.5 Å². The summed E-state index contributed by atoms with van der Waals surface area (Å²) >= 11 is 0. The highest BCUT2D eigenvalue weighted by molar-refractivity contribution is 6.02. The first-order valence-electron chi connectivity index (χ1n) is 8.33. The van der Waals surface area contributed by atoms with E-state index >= 15 is 0 Å². The summed E-state index contributed by atoms with van der Waals surface area (Å²) in [5, 5.41) is 5.33. The van der Waals surface area contributed by atoms with Gasteiger partial charge in [-0.1, -0.05) is 12.1 Å². The average molecular weight is 367 g/mol. The van der Waals surface area contributed by atoms with E-state index in [1.807, 2.05) is 0 Å². The van der Waals surface area contributed by atoms with Gasteiger partial charge in [-0.15, -0.1) is 0 Å². The molecule has 0 unspecified atom stereocenters. The lowest BCUT2D eigenvalue weighted by Gasteiger charge is -2.21. The largest absolute Gasteiger partial charge is 0.326 e. The third kappa shape index (κ3) is 5.78. The Morgan fingerprint density at radius 1 is 0.852 bits per heavy atom. The quantitative estimate of drug-likeness (QED) is 0.768. The highest BCUT2D eigenvalue weighted by atomic mass is 16.2. The maximum Gasteiger partial charge on any atom is 0.244 e. The summed E-state index contributed by atoms with van der Waals surface area (Å²) in [6, 6.07) is 13.2. The summed E-state index contributed by atoms with van der Waals surface area (Å²) in [6.07, 6.45) is 0. The maximum atomic E-state index is 12.3. The number of benzene rings is 2. The topological polar surface area (TPSA) is 95.6 Å². The molecule has 7 heteroatoms. The molecule has 2 aromatic rings. The van der Waals surface area contributed by atoms with E-state index in [1.54, 1.807) is 48.5 Å². The first kappa shape index (κ1) is 19.8. The normalized spacial score (nSPS) is 10.0. The minimum absolute atomic E-state index is 0.101. The predicted octanol–water partition coefficient (Wildman–Crippen LogP) is 2.84. The first-order chi connectivity index (χ1) is 12.8. The van der Waals surface area contributed by atoms with Crippen LogP contribution in [0, 0.1) is 0 Å². The van der Waals surface area contributed by atoms with Gasteiger partial charge in [0.1, 0.15) is 6.54 Å². The molecule has 0 saturated carbocycles. The van der Waals surface area contributed by atoms with Gasteiger partial charge in [-0.2, -0.15) is 0 Å². The highest BCUT2D eigenvalue weighted by Gasteiger charge is 2.16. The van der Waals surface area contributed by atoms with E-state index in [0.717, 1.165) is 0 Å². The molecule has 2 rings (SSSR count). The molecule has 3 amide bonds. The minimum atomic E-state index is -0.392. The number of carbonyl (C=O) groups excluding carboxylic acids is 4. The molecule has 0 aliphatic heterocycles. The van der Waals surface area contributed by atoms with Crippen LogP contribution in [0.1, 0.15) is 31.1 Å². The standard InChI is InChI=1S/C20H21N3O4/c1-13(24)16-5-4-6-18(11-16)22-20(27)12-23(15(3)26)19-9-7-17(8-10-19)21-14(2)25/h4-11H,12H2,1-3H3,(H,21,25)(H,22,27). The zero-order chi connectivity index (χ0) is 20.0. The lowest BCUT2D eigenvalue weighted by molar-refractivity contribution is -0.120. The van der Waals surface area contributed by atoms with Gasteiger partial charge >= 0.3 is 0 Å². The van der Waals surface area contributed by atoms with E-state index in [0.29, 0.717) is 22.6 Å². The van der Waals surface area contributed by atoms with E-state index in [1.165, 1.54) is 25.7 Å². The summed E-state index contributed by atoms with van der Waals surface area (Å²) in [5.74, 6) is -0.985. The molecule has 0 saturated heterocycles. The van der Waals surface area contributed by atoms with Gasteiger partial charge in [0.15, 0.2) is 5.78 Å². The molecule has 140 valence electrons. The molecule has 2 N–H and O–H groups in total. The summed E-state index contributed by atoms with van der Waals surface area (Å²) in [4.78, 5) is 48.2. The number of hydrogen-bond acceptors (Lipinski definition) is 4. The fourth-order valence-electron chi connectivity index (χ4n) is 2.47. The monoisotopic (exact) mass is 367 g/mol. The molecule has 0 bridgehead atoms. The number of nitrogens with one attached hydrogen (secondary N) is 2. The van der Waals surface area contributed by atoms with Crippen LogP contribution in [0.5, 0.6) is 0 Å². The second-order valence-corrected chi connectivity index (χ2v) is 6.02. The Bertz CT molecular complexity index is 875. The van der Waals surface area contributed by atoms with Crippen molar-refractivity contribution in [3.63, 3.8) is 0 Å². The number of ketones is 1. The molecule has 0 fully saturated rings. The molecular weight excluding hydrogens is 346 g/mol. The SMILES string of the molecule is CC(=O)Nc1ccc(N(CC(=O)Nc2cccc(C(C)=O)c2)C(C)=O)cc1. The van der Waals surface area contributed by atoms with Gasteiger partial charge in [0, 0.05) is 36.5 Å². The lowest BCUT2D eigenvalue weighted by Crippen LogP contribution is -2.36. The van der Waals surface area contributed by atoms with E-state index in [4.69, 9.17) is 0 Å². The molecular formula is C20H21N3O4. The second-order valence-electron chi connectivity index (χ2n) is 6.02. The van der Waals surface area contributed by atoms with Crippen molar-refractivity contribution >= 4 is 40.6 Å². The third-order valence-corrected chi connectivity index (χ3v) is 3.73. The molecule has 0 aliphatic rings. The highest BCUT2D eigenvalue weighted by Crippen LogP contribution is 2.19. The second kappa shape index (κ2) is 8.75. The Morgan fingerprint density at radius 2 is 1.52 bits per heavy atom. The van der Waals surface area contributed by atoms with Gasteiger partial charge in [-0.05, 0) is 43.3 Å². The van der Waals surface area contributed by atoms with Crippen molar-refractivity contribution in [3.8, 4) is 0 Å². The fourth-order valence-corrected chi connectivity index (χ4v) is 2.47. The van der Waals surface area contributed by atoms with Crippen LogP contribution in [0.3, 0.4) is 0 Å². The molecule has 0 aromatic heterocycles. The Hall–Kier alpha value is -3.48. The van der Waals surface area contributed by atoms with Gasteiger partial charge in [0.2, 0.25) is 17.7 Å². The number of anilines is 3. The smallest absolute Gasteiger partial charge is 0.244 e. The number of amides is 3. The molecule has 2 aromatic carbocycles. The van der Waals surface area contributed by atoms with Crippen molar-refractivity contribution in [2.75, 3.05) is 22.1 Å². The van der Waals surface area contributed by atoms with Crippen molar-refractivity contribution < 1.29 is 19.2 Å². The van der Waals surface area contributed by atoms with Crippen LogP contribution < -0.4 is 15.5 Å². The lowest BCUT2D eigenvalue weighted by atomic mass is 10.1. The van der Waals surface area contributed by atoms with Gasteiger partial charge in [-0.25, -0.2) is 0 Å². The molecule has 0 spiro atoms. The summed E-state index contributed by atoms with van der Waals surface area (Å²) in [7, 11) is 0. The molecule has 27 heavy (non-hydrogen) atoms. The number of rotatable bonds is 6. The average Bonchev–Trinajstić information content (AvgIpc) is 2.60. The number of Topliss-reactive ketones (excluding diaryl/α,β-unsaturated/α-hetero) is 1. The van der Waals surface area contributed by atoms with Crippen molar-refractivity contribution in [2.45, 2.75) is 20.8 Å². The van der Waals surface area contributed by atoms with Crippen LogP contribution in [0.15, 0.2) is 48.5 Å². The number of carbonyl (C=O) groups is 4. The van der Waals surface area contributed by atoms with Crippen molar-refractivity contribution in [1.82, 2.24) is 0 Å². The van der Waals surface area contributed by atoms with Gasteiger partial charge in [0.05, 0.1) is 0 Å². The van der Waals surface area contributed by atoms with Crippen LogP contribution in [0.25, 0.3) is 0 Å². The number of hydrogen-bond donors (Lipinski definition) is 2. The Balaban J connectivity index is 2.10. The van der Waals surface area contributed by atoms with Crippen molar-refractivity contribution in [2.24, 2.45) is 0 Å². The third-order valence-electron chi connectivity index (χ3n) is 3.73. The Labute approximate surface area is 157 Å². The molecule has 0 heterocycles. The molecule has 0 aliphatic carbocycles. The Kier molecular flexibility index (Phi) is 6.43. The first-order valence-corrected chi connectivity index (χ1v) is 8.33. The Morgan fingerprint density at radius 3 is 2.07 bits per heavy atom. The van der Waals surface area contributed by atoms with Gasteiger partial charge in [-0.3, -0.25) is 19.2 Å². The molecule has 0 atom stereocenters. The van der Waals surface area contributed by atoms with E-state index in [2.05, 4.69) is 10.6 Å². The summed E-state index contributed by atoms with van der Waals surface area (Å²) in [6.45, 7) is 4.04. The predicted molar refractivity (Wildman–Crippen MR) is 104 cm³/mol. The molecule has 0 radical (unpaired) electrons. The zero-order valence-electron chi connectivity index (χ0n) is 15.4. The van der Waals surface area contributed by atoms with Crippen LogP contribution in [0.4, 0.5) is 17.1 Å². The van der Waals surface area contributed by atoms with Crippen LogP contribution in [0.2, 0.25) is 0 Å². The molecule has 7 nitrogen and oxygen atoms in total. The van der Waals surface area contributed by atoms with Gasteiger partial charge in [0.25, 0.3) is 0 Å². The maximum absolute atomic E-state index is 12.3. The summed E-state index contributed by atoms with van der Waals surface area (Å²) in [5.41, 5.74) is 2.10. The van der Waals surface area contributed by atoms with Crippen LogP contribution >= 0.6 is 0 Å². The van der Waals surface area contributed by atoms with E-state index in [9.17, 15) is 19.2 Å². The van der Waals surface area contributed by atoms with Crippen LogP contribution in [-0.4, -0.2) is 30.0 Å². The van der Waals surface area contributed by atoms with Crippen LogP contribution in [-0.2, 0) is 14.4 Å². The number of nitrogens with zero attached hydrogens (tertiary/aromatic N) is 1. The summed E-state index contributed by atoms with van der Waals surface area (Å²) < 4.78 is 0. The zero-order valence-corrected chi connectivity index (χ0v) is 15.4. The van der Waals surface area contributed by atoms with Crippen molar-refractivity contribution in [1.29, 1.82) is 0 Å². The van der Waals surface area contributed by atoms with E-state index in [-0.39, 0.29) is 24.1 Å². The van der Waals surface area contributed by atoms with E-state index < -0.39 is 5.91 Å². The minimum Gasteiger partial charge on any atom is -0.326 e.